The van der Waals surface area contributed by atoms with Gasteiger partial charge in [0.1, 0.15) is 5.58 Å². The minimum Gasteiger partial charge on any atom is -0.463 e. The van der Waals surface area contributed by atoms with E-state index in [-0.39, 0.29) is 0 Å². The Kier molecular flexibility index (Phi) is 0.904. The minimum absolute atomic E-state index is 1.04. The van der Waals surface area contributed by atoms with Gasteiger partial charge < -0.3 is 4.42 Å². The van der Waals surface area contributed by atoms with E-state index in [1.54, 1.807) is 17.6 Å². The van der Waals surface area contributed by atoms with Crippen LogP contribution in [-0.2, 0) is 0 Å². The fraction of sp³-hybridized carbons (Fsp3) is 0.143. The lowest BCUT2D eigenvalue weighted by molar-refractivity contribution is 0.614. The van der Waals surface area contributed by atoms with Crippen molar-refractivity contribution in [2.24, 2.45) is 0 Å². The van der Waals surface area contributed by atoms with Gasteiger partial charge in [-0.3, -0.25) is 0 Å². The van der Waals surface area contributed by atoms with Crippen LogP contribution >= 0.6 is 11.3 Å². The molecule has 2 heterocycles. The molecule has 0 unspecified atom stereocenters. The number of hydrogen-bond donors (Lipinski definition) is 0. The second-order valence-corrected chi connectivity index (χ2v) is 2.94. The quantitative estimate of drug-likeness (QED) is 0.545. The van der Waals surface area contributed by atoms with Gasteiger partial charge in [0.05, 0.1) is 11.0 Å². The SMILES string of the molecule is Cc1csc2ccoc12. The monoisotopic (exact) mass is 138 g/mol. The normalized spacial score (nSPS) is 10.8. The summed E-state index contributed by atoms with van der Waals surface area (Å²) in [4.78, 5) is 0. The van der Waals surface area contributed by atoms with Crippen LogP contribution in [0.3, 0.4) is 0 Å². The average molecular weight is 138 g/mol. The Hall–Kier alpha value is -0.760. The van der Waals surface area contributed by atoms with E-state index < -0.39 is 0 Å². The molecular weight excluding hydrogens is 132 g/mol. The van der Waals surface area contributed by atoms with Crippen molar-refractivity contribution in [3.63, 3.8) is 0 Å². The van der Waals surface area contributed by atoms with E-state index in [0.717, 1.165) is 5.58 Å². The predicted octanol–water partition coefficient (Wildman–Crippen LogP) is 2.80. The van der Waals surface area contributed by atoms with Crippen molar-refractivity contribution >= 4 is 21.6 Å². The fourth-order valence-corrected chi connectivity index (χ4v) is 1.74. The molecule has 0 fully saturated rings. The summed E-state index contributed by atoms with van der Waals surface area (Å²) < 4.78 is 6.44. The van der Waals surface area contributed by atoms with Gasteiger partial charge in [0.2, 0.25) is 0 Å². The van der Waals surface area contributed by atoms with Gasteiger partial charge in [-0.15, -0.1) is 11.3 Å². The number of furan rings is 1. The Bertz CT molecular complexity index is 318. The second kappa shape index (κ2) is 1.61. The number of thiophene rings is 1. The van der Waals surface area contributed by atoms with Crippen LogP contribution < -0.4 is 0 Å². The summed E-state index contributed by atoms with van der Waals surface area (Å²) in [6.07, 6.45) is 1.73. The van der Waals surface area contributed by atoms with Crippen molar-refractivity contribution < 1.29 is 4.42 Å². The van der Waals surface area contributed by atoms with Crippen molar-refractivity contribution in [3.8, 4) is 0 Å². The molecular formula is C7H6OS. The van der Waals surface area contributed by atoms with Gasteiger partial charge in [-0.25, -0.2) is 0 Å². The molecule has 0 spiro atoms. The Morgan fingerprint density at radius 2 is 2.44 bits per heavy atom. The third-order valence-electron chi connectivity index (χ3n) is 1.35. The molecule has 0 bridgehead atoms. The molecule has 0 saturated heterocycles. The lowest BCUT2D eigenvalue weighted by Gasteiger charge is -1.76. The summed E-state index contributed by atoms with van der Waals surface area (Å²) in [5.41, 5.74) is 2.28. The van der Waals surface area contributed by atoms with Crippen molar-refractivity contribution in [1.29, 1.82) is 0 Å². The van der Waals surface area contributed by atoms with E-state index >= 15 is 0 Å². The van der Waals surface area contributed by atoms with Gasteiger partial charge in [0, 0.05) is 5.56 Å². The van der Waals surface area contributed by atoms with Gasteiger partial charge >= 0.3 is 0 Å². The highest BCUT2D eigenvalue weighted by molar-refractivity contribution is 7.17. The lowest BCUT2D eigenvalue weighted by Crippen LogP contribution is -1.55. The Morgan fingerprint density at radius 3 is 3.22 bits per heavy atom. The molecule has 0 aliphatic heterocycles. The van der Waals surface area contributed by atoms with Crippen LogP contribution in [0.15, 0.2) is 22.1 Å². The van der Waals surface area contributed by atoms with Gasteiger partial charge in [0.25, 0.3) is 0 Å². The number of aryl methyl sites for hydroxylation is 1. The fourth-order valence-electron chi connectivity index (χ4n) is 0.883. The first-order valence-corrected chi connectivity index (χ1v) is 3.67. The Balaban J connectivity index is 2.99. The van der Waals surface area contributed by atoms with E-state index in [4.69, 9.17) is 4.42 Å². The topological polar surface area (TPSA) is 13.1 Å². The van der Waals surface area contributed by atoms with Crippen molar-refractivity contribution in [3.05, 3.63) is 23.3 Å². The molecule has 46 valence electrons. The standard InChI is InChI=1S/C7H6OS/c1-5-4-9-6-2-3-8-7(5)6/h2-4H,1H3. The summed E-state index contributed by atoms with van der Waals surface area (Å²) in [5, 5.41) is 2.11. The van der Waals surface area contributed by atoms with Crippen LogP contribution in [0.25, 0.3) is 10.3 Å². The van der Waals surface area contributed by atoms with Crippen molar-refractivity contribution in [2.75, 3.05) is 0 Å². The molecule has 0 radical (unpaired) electrons. The van der Waals surface area contributed by atoms with Crippen molar-refractivity contribution in [1.82, 2.24) is 0 Å². The van der Waals surface area contributed by atoms with Crippen LogP contribution in [0.2, 0.25) is 0 Å². The summed E-state index contributed by atoms with van der Waals surface area (Å²) in [5.74, 6) is 0. The van der Waals surface area contributed by atoms with Gasteiger partial charge in [0.15, 0.2) is 0 Å². The first-order valence-electron chi connectivity index (χ1n) is 2.79. The number of rotatable bonds is 0. The average Bonchev–Trinajstić information content (AvgIpc) is 2.35. The maximum absolute atomic E-state index is 5.20. The molecule has 0 aliphatic rings. The summed E-state index contributed by atoms with van der Waals surface area (Å²) in [7, 11) is 0. The third-order valence-corrected chi connectivity index (χ3v) is 2.40. The highest BCUT2D eigenvalue weighted by atomic mass is 32.1. The van der Waals surface area contributed by atoms with E-state index in [1.165, 1.54) is 10.3 Å². The molecule has 0 amide bonds. The van der Waals surface area contributed by atoms with Crippen molar-refractivity contribution in [2.45, 2.75) is 6.92 Å². The Labute approximate surface area is 56.9 Å². The van der Waals surface area contributed by atoms with E-state index in [9.17, 15) is 0 Å². The minimum atomic E-state index is 1.04. The highest BCUT2D eigenvalue weighted by Crippen LogP contribution is 2.25. The predicted molar refractivity (Wildman–Crippen MR) is 38.8 cm³/mol. The largest absolute Gasteiger partial charge is 0.463 e. The van der Waals surface area contributed by atoms with Gasteiger partial charge in [-0.05, 0) is 18.4 Å². The van der Waals surface area contributed by atoms with Gasteiger partial charge in [-0.1, -0.05) is 0 Å². The smallest absolute Gasteiger partial charge is 0.147 e. The zero-order valence-electron chi connectivity index (χ0n) is 5.05. The molecule has 0 aliphatic carbocycles. The number of fused-ring (bicyclic) bond motifs is 1. The third kappa shape index (κ3) is 0.598. The zero-order valence-corrected chi connectivity index (χ0v) is 5.87. The van der Waals surface area contributed by atoms with Crippen LogP contribution in [0, 0.1) is 6.92 Å². The molecule has 2 aromatic rings. The van der Waals surface area contributed by atoms with E-state index in [1.807, 2.05) is 6.07 Å². The van der Waals surface area contributed by atoms with Crippen LogP contribution in [0.4, 0.5) is 0 Å². The maximum Gasteiger partial charge on any atom is 0.147 e. The summed E-state index contributed by atoms with van der Waals surface area (Å²) in [6, 6.07) is 1.99. The highest BCUT2D eigenvalue weighted by Gasteiger charge is 1.99. The van der Waals surface area contributed by atoms with E-state index in [2.05, 4.69) is 12.3 Å². The number of hydrogen-bond acceptors (Lipinski definition) is 2. The maximum atomic E-state index is 5.20. The molecule has 0 saturated carbocycles. The molecule has 0 N–H and O–H groups in total. The molecule has 0 aromatic carbocycles. The van der Waals surface area contributed by atoms with E-state index in [0.29, 0.717) is 0 Å². The first kappa shape index (κ1) is 5.06. The second-order valence-electron chi connectivity index (χ2n) is 2.03. The molecule has 2 heteroatoms. The molecule has 2 rings (SSSR count). The first-order chi connectivity index (χ1) is 4.38. The van der Waals surface area contributed by atoms with Crippen LogP contribution in [0.1, 0.15) is 5.56 Å². The summed E-state index contributed by atoms with van der Waals surface area (Å²) >= 11 is 1.73. The molecule has 1 nitrogen and oxygen atoms in total. The summed E-state index contributed by atoms with van der Waals surface area (Å²) in [6.45, 7) is 2.06. The lowest BCUT2D eigenvalue weighted by atomic mass is 10.3. The van der Waals surface area contributed by atoms with Crippen LogP contribution in [0.5, 0.6) is 0 Å². The van der Waals surface area contributed by atoms with Crippen LogP contribution in [-0.4, -0.2) is 0 Å². The molecule has 0 atom stereocenters. The zero-order chi connectivity index (χ0) is 6.27. The molecule has 2 aromatic heterocycles. The Morgan fingerprint density at radius 1 is 1.56 bits per heavy atom. The van der Waals surface area contributed by atoms with Gasteiger partial charge in [-0.2, -0.15) is 0 Å². The molecule has 9 heavy (non-hydrogen) atoms.